The van der Waals surface area contributed by atoms with Crippen LogP contribution in [0.25, 0.3) is 0 Å². The number of rotatable bonds is 2. The first-order valence-corrected chi connectivity index (χ1v) is 6.67. The standard InChI is InChI=1S/C14H11BrN2O2/c15-12-6-11-8-17(9-13(11)16-7-12)19-14(18)10-4-2-1-3-5-10/h1-7H,8-9H2. The maximum Gasteiger partial charge on any atom is 0.357 e. The van der Waals surface area contributed by atoms with Crippen LogP contribution in [0.2, 0.25) is 0 Å². The maximum atomic E-state index is 11.9. The molecule has 0 fully saturated rings. The summed E-state index contributed by atoms with van der Waals surface area (Å²) in [5, 5.41) is 1.62. The fourth-order valence-electron chi connectivity index (χ4n) is 2.01. The molecule has 2 heterocycles. The number of carbonyl (C=O) groups excluding carboxylic acids is 1. The van der Waals surface area contributed by atoms with Gasteiger partial charge in [0.1, 0.15) is 0 Å². The molecule has 4 nitrogen and oxygen atoms in total. The molecule has 0 amide bonds. The molecule has 19 heavy (non-hydrogen) atoms. The Morgan fingerprint density at radius 2 is 2.05 bits per heavy atom. The molecule has 3 rings (SSSR count). The SMILES string of the molecule is O=C(ON1Cc2cc(Br)cnc2C1)c1ccccc1. The van der Waals surface area contributed by atoms with Crippen LogP contribution >= 0.6 is 15.9 Å². The predicted octanol–water partition coefficient (Wildman–Crippen LogP) is 2.93. The van der Waals surface area contributed by atoms with Gasteiger partial charge >= 0.3 is 5.97 Å². The van der Waals surface area contributed by atoms with Crippen LogP contribution in [0.3, 0.4) is 0 Å². The van der Waals surface area contributed by atoms with E-state index in [4.69, 9.17) is 4.84 Å². The summed E-state index contributed by atoms with van der Waals surface area (Å²) in [7, 11) is 0. The van der Waals surface area contributed by atoms with Gasteiger partial charge in [-0.05, 0) is 39.7 Å². The van der Waals surface area contributed by atoms with Crippen molar-refractivity contribution in [3.05, 3.63) is 63.9 Å². The van der Waals surface area contributed by atoms with Gasteiger partial charge in [0.15, 0.2) is 0 Å². The van der Waals surface area contributed by atoms with Gasteiger partial charge in [0.25, 0.3) is 0 Å². The number of aromatic nitrogens is 1. The lowest BCUT2D eigenvalue weighted by Crippen LogP contribution is -2.21. The minimum atomic E-state index is -0.340. The summed E-state index contributed by atoms with van der Waals surface area (Å²) in [6, 6.07) is 11.0. The van der Waals surface area contributed by atoms with E-state index in [9.17, 15) is 4.79 Å². The third-order valence-corrected chi connectivity index (χ3v) is 3.35. The van der Waals surface area contributed by atoms with Crippen LogP contribution in [0.5, 0.6) is 0 Å². The molecule has 0 bridgehead atoms. The predicted molar refractivity (Wildman–Crippen MR) is 73.0 cm³/mol. The molecule has 0 N–H and O–H groups in total. The highest BCUT2D eigenvalue weighted by Crippen LogP contribution is 2.24. The monoisotopic (exact) mass is 318 g/mol. The average molecular weight is 319 g/mol. The Hall–Kier alpha value is -1.72. The summed E-state index contributed by atoms with van der Waals surface area (Å²) in [6.07, 6.45) is 1.75. The molecule has 0 radical (unpaired) electrons. The Labute approximate surface area is 119 Å². The molecule has 0 saturated heterocycles. The van der Waals surface area contributed by atoms with Crippen LogP contribution < -0.4 is 0 Å². The molecular weight excluding hydrogens is 308 g/mol. The molecule has 1 aromatic carbocycles. The lowest BCUT2D eigenvalue weighted by atomic mass is 10.2. The number of nitrogens with zero attached hydrogens (tertiary/aromatic N) is 2. The van der Waals surface area contributed by atoms with Gasteiger partial charge in [-0.2, -0.15) is 0 Å². The molecule has 1 aromatic heterocycles. The van der Waals surface area contributed by atoms with Crippen molar-refractivity contribution in [2.45, 2.75) is 13.1 Å². The second-order valence-corrected chi connectivity index (χ2v) is 5.22. The fraction of sp³-hybridized carbons (Fsp3) is 0.143. The van der Waals surface area contributed by atoms with E-state index >= 15 is 0 Å². The summed E-state index contributed by atoms with van der Waals surface area (Å²) < 4.78 is 0.933. The molecule has 1 aliphatic rings. The van der Waals surface area contributed by atoms with Gasteiger partial charge < -0.3 is 4.84 Å². The number of pyridine rings is 1. The Kier molecular flexibility index (Phi) is 3.31. The topological polar surface area (TPSA) is 42.4 Å². The van der Waals surface area contributed by atoms with E-state index in [-0.39, 0.29) is 5.97 Å². The van der Waals surface area contributed by atoms with Crippen molar-refractivity contribution in [1.82, 2.24) is 10.0 Å². The second-order valence-electron chi connectivity index (χ2n) is 4.30. The molecule has 5 heteroatoms. The quantitative estimate of drug-likeness (QED) is 0.853. The largest absolute Gasteiger partial charge is 0.363 e. The Balaban J connectivity index is 1.69. The minimum absolute atomic E-state index is 0.340. The third-order valence-electron chi connectivity index (χ3n) is 2.92. The van der Waals surface area contributed by atoms with E-state index in [1.165, 1.54) is 0 Å². The van der Waals surface area contributed by atoms with E-state index in [1.54, 1.807) is 23.4 Å². The summed E-state index contributed by atoms with van der Waals surface area (Å²) in [6.45, 7) is 1.10. The Bertz CT molecular complexity index is 616. The zero-order valence-electron chi connectivity index (χ0n) is 10.0. The van der Waals surface area contributed by atoms with Crippen LogP contribution in [0.1, 0.15) is 21.6 Å². The van der Waals surface area contributed by atoms with Crippen LogP contribution in [-0.2, 0) is 17.9 Å². The van der Waals surface area contributed by atoms with Crippen molar-refractivity contribution >= 4 is 21.9 Å². The van der Waals surface area contributed by atoms with Gasteiger partial charge in [-0.15, -0.1) is 5.06 Å². The average Bonchev–Trinajstić information content (AvgIpc) is 2.81. The van der Waals surface area contributed by atoms with Crippen molar-refractivity contribution in [3.63, 3.8) is 0 Å². The number of hydrogen-bond donors (Lipinski definition) is 0. The molecular formula is C14H11BrN2O2. The van der Waals surface area contributed by atoms with Crippen molar-refractivity contribution in [2.24, 2.45) is 0 Å². The van der Waals surface area contributed by atoms with Crippen molar-refractivity contribution < 1.29 is 9.63 Å². The minimum Gasteiger partial charge on any atom is -0.363 e. The van der Waals surface area contributed by atoms with Gasteiger partial charge in [0.2, 0.25) is 0 Å². The number of hydrogen-bond acceptors (Lipinski definition) is 4. The van der Waals surface area contributed by atoms with E-state index < -0.39 is 0 Å². The smallest absolute Gasteiger partial charge is 0.357 e. The zero-order valence-corrected chi connectivity index (χ0v) is 11.6. The third kappa shape index (κ3) is 2.67. The molecule has 0 spiro atoms. The van der Waals surface area contributed by atoms with Crippen LogP contribution in [0.15, 0.2) is 47.1 Å². The van der Waals surface area contributed by atoms with Gasteiger partial charge in [-0.1, -0.05) is 18.2 Å². The lowest BCUT2D eigenvalue weighted by Gasteiger charge is -2.13. The zero-order chi connectivity index (χ0) is 13.2. The van der Waals surface area contributed by atoms with Gasteiger partial charge in [0, 0.05) is 10.7 Å². The van der Waals surface area contributed by atoms with Crippen molar-refractivity contribution in [3.8, 4) is 0 Å². The van der Waals surface area contributed by atoms with Gasteiger partial charge in [-0.3, -0.25) is 4.98 Å². The van der Waals surface area contributed by atoms with Crippen LogP contribution in [0, 0.1) is 0 Å². The number of hydroxylamine groups is 2. The summed E-state index contributed by atoms with van der Waals surface area (Å²) >= 11 is 3.38. The highest BCUT2D eigenvalue weighted by molar-refractivity contribution is 9.10. The fourth-order valence-corrected chi connectivity index (χ4v) is 2.39. The van der Waals surface area contributed by atoms with E-state index in [2.05, 4.69) is 20.9 Å². The Morgan fingerprint density at radius 3 is 2.84 bits per heavy atom. The normalized spacial score (nSPS) is 14.2. The molecule has 0 unspecified atom stereocenters. The Morgan fingerprint density at radius 1 is 1.26 bits per heavy atom. The molecule has 96 valence electrons. The van der Waals surface area contributed by atoms with Crippen molar-refractivity contribution in [2.75, 3.05) is 0 Å². The maximum absolute atomic E-state index is 11.9. The first-order valence-electron chi connectivity index (χ1n) is 5.88. The first-order chi connectivity index (χ1) is 9.22. The molecule has 1 aliphatic heterocycles. The number of halogens is 1. The number of fused-ring (bicyclic) bond motifs is 1. The molecule has 2 aromatic rings. The van der Waals surface area contributed by atoms with Crippen LogP contribution in [-0.4, -0.2) is 16.0 Å². The summed E-state index contributed by atoms with van der Waals surface area (Å²) in [4.78, 5) is 21.6. The van der Waals surface area contributed by atoms with E-state index in [0.29, 0.717) is 18.7 Å². The van der Waals surface area contributed by atoms with Gasteiger partial charge in [-0.25, -0.2) is 4.79 Å². The summed E-state index contributed by atoms with van der Waals surface area (Å²) in [5.74, 6) is -0.340. The van der Waals surface area contributed by atoms with E-state index in [0.717, 1.165) is 15.7 Å². The molecule has 0 atom stereocenters. The van der Waals surface area contributed by atoms with Crippen molar-refractivity contribution in [1.29, 1.82) is 0 Å². The molecule has 0 aliphatic carbocycles. The van der Waals surface area contributed by atoms with Crippen LogP contribution in [0.4, 0.5) is 0 Å². The van der Waals surface area contributed by atoms with Gasteiger partial charge in [0.05, 0.1) is 24.3 Å². The number of carbonyl (C=O) groups is 1. The summed E-state index contributed by atoms with van der Waals surface area (Å²) in [5.41, 5.74) is 2.58. The second kappa shape index (κ2) is 5.11. The highest BCUT2D eigenvalue weighted by Gasteiger charge is 2.24. The lowest BCUT2D eigenvalue weighted by molar-refractivity contribution is -0.115. The number of benzene rings is 1. The first kappa shape index (κ1) is 12.3. The highest BCUT2D eigenvalue weighted by atomic mass is 79.9. The molecule has 0 saturated carbocycles. The van der Waals surface area contributed by atoms with E-state index in [1.807, 2.05) is 24.3 Å².